The maximum Gasteiger partial charge on any atom is 0.281 e. The van der Waals surface area contributed by atoms with Crippen LogP contribution in [0.2, 0.25) is 5.15 Å². The molecule has 0 radical (unpaired) electrons. The Kier molecular flexibility index (Phi) is 3.34. The van der Waals surface area contributed by atoms with Gasteiger partial charge in [0, 0.05) is 11.6 Å². The summed E-state index contributed by atoms with van der Waals surface area (Å²) in [7, 11) is -4.30. The van der Waals surface area contributed by atoms with Gasteiger partial charge in [0.1, 0.15) is 17.3 Å². The Morgan fingerprint density at radius 2 is 1.95 bits per heavy atom. The van der Waals surface area contributed by atoms with E-state index in [4.69, 9.17) is 11.6 Å². The maximum atomic E-state index is 13.6. The number of aromatic nitrogens is 2. The Balaban J connectivity index is 2.13. The van der Waals surface area contributed by atoms with Gasteiger partial charge in [-0.05, 0) is 12.1 Å². The number of para-hydroxylation sites is 1. The number of imidazole rings is 1. The number of anilines is 1. The minimum atomic E-state index is -4.30. The van der Waals surface area contributed by atoms with Crippen LogP contribution in [-0.2, 0) is 10.0 Å². The number of sulfonamides is 1. The summed E-state index contributed by atoms with van der Waals surface area (Å²) in [6, 6.07) is 3.02. The van der Waals surface area contributed by atoms with Gasteiger partial charge in [-0.25, -0.2) is 13.8 Å². The van der Waals surface area contributed by atoms with Crippen molar-refractivity contribution in [3.63, 3.8) is 0 Å². The molecule has 0 spiro atoms. The first-order valence-corrected chi connectivity index (χ1v) is 8.22. The minimum absolute atomic E-state index is 0.272. The highest BCUT2D eigenvalue weighted by molar-refractivity contribution is 7.92. The van der Waals surface area contributed by atoms with Crippen LogP contribution in [0.4, 0.5) is 14.5 Å². The number of halogens is 3. The topological polar surface area (TPSA) is 63.5 Å². The summed E-state index contributed by atoms with van der Waals surface area (Å²) in [6.45, 7) is 0. The van der Waals surface area contributed by atoms with Crippen LogP contribution < -0.4 is 4.72 Å². The first-order valence-electron chi connectivity index (χ1n) is 5.48. The fourth-order valence-electron chi connectivity index (χ4n) is 1.76. The predicted octanol–water partition coefficient (Wildman–Crippen LogP) is 3.13. The fraction of sp³-hybridized carbons (Fsp3) is 0. The SMILES string of the molecule is O=S(=O)(Nc1c(F)cccc1F)c1c(Cl)nc2sccn12. The van der Waals surface area contributed by atoms with Crippen LogP contribution in [0.3, 0.4) is 0 Å². The van der Waals surface area contributed by atoms with E-state index >= 15 is 0 Å². The standard InChI is InChI=1S/C11H6ClF2N3O2S2/c12-9-10(17-4-5-20-11(17)15-9)21(18,19)16-8-6(13)2-1-3-7(8)14/h1-5,16H. The van der Waals surface area contributed by atoms with E-state index in [0.29, 0.717) is 4.96 Å². The molecule has 0 aliphatic carbocycles. The number of thiazole rings is 1. The lowest BCUT2D eigenvalue weighted by atomic mass is 10.3. The van der Waals surface area contributed by atoms with E-state index in [0.717, 1.165) is 18.2 Å². The van der Waals surface area contributed by atoms with Crippen molar-refractivity contribution in [1.82, 2.24) is 9.38 Å². The van der Waals surface area contributed by atoms with E-state index in [-0.39, 0.29) is 10.2 Å². The number of nitrogens with zero attached hydrogens (tertiary/aromatic N) is 2. The number of hydrogen-bond donors (Lipinski definition) is 1. The predicted molar refractivity (Wildman–Crippen MR) is 75.2 cm³/mol. The lowest BCUT2D eigenvalue weighted by Crippen LogP contribution is -2.17. The molecule has 1 N–H and O–H groups in total. The highest BCUT2D eigenvalue weighted by Crippen LogP contribution is 2.28. The van der Waals surface area contributed by atoms with E-state index < -0.39 is 27.3 Å². The van der Waals surface area contributed by atoms with Gasteiger partial charge in [0.05, 0.1) is 0 Å². The summed E-state index contributed by atoms with van der Waals surface area (Å²) in [4.78, 5) is 4.22. The molecular formula is C11H6ClF2N3O2S2. The Bertz CT molecular complexity index is 916. The second-order valence-electron chi connectivity index (χ2n) is 3.97. The average Bonchev–Trinajstić information content (AvgIpc) is 2.93. The van der Waals surface area contributed by atoms with Crippen molar-refractivity contribution in [3.8, 4) is 0 Å². The quantitative estimate of drug-likeness (QED) is 0.790. The van der Waals surface area contributed by atoms with Gasteiger partial charge in [-0.1, -0.05) is 17.7 Å². The van der Waals surface area contributed by atoms with Gasteiger partial charge < -0.3 is 0 Å². The first kappa shape index (κ1) is 14.2. The highest BCUT2D eigenvalue weighted by Gasteiger charge is 2.27. The molecule has 110 valence electrons. The molecule has 5 nitrogen and oxygen atoms in total. The lowest BCUT2D eigenvalue weighted by molar-refractivity contribution is 0.581. The van der Waals surface area contributed by atoms with Crippen LogP contribution in [-0.4, -0.2) is 17.8 Å². The third-order valence-electron chi connectivity index (χ3n) is 2.63. The smallest absolute Gasteiger partial charge is 0.278 e. The van der Waals surface area contributed by atoms with Crippen LogP contribution in [0.15, 0.2) is 34.8 Å². The normalized spacial score (nSPS) is 12.0. The van der Waals surface area contributed by atoms with Crippen molar-refractivity contribution < 1.29 is 17.2 Å². The Labute approximate surface area is 126 Å². The van der Waals surface area contributed by atoms with Gasteiger partial charge in [0.2, 0.25) is 0 Å². The summed E-state index contributed by atoms with van der Waals surface area (Å²) >= 11 is 6.99. The molecule has 2 aromatic heterocycles. The molecule has 0 aliphatic heterocycles. The van der Waals surface area contributed by atoms with E-state index in [1.54, 1.807) is 5.38 Å². The number of rotatable bonds is 3. The molecule has 0 aliphatic rings. The highest BCUT2D eigenvalue weighted by atomic mass is 35.5. The molecule has 10 heteroatoms. The van der Waals surface area contributed by atoms with Crippen LogP contribution in [0, 0.1) is 11.6 Å². The zero-order valence-electron chi connectivity index (χ0n) is 10.0. The molecular weight excluding hydrogens is 344 g/mol. The molecule has 0 saturated carbocycles. The summed E-state index contributed by atoms with van der Waals surface area (Å²) in [5.41, 5.74) is -0.765. The molecule has 0 bridgehead atoms. The maximum absolute atomic E-state index is 13.6. The summed E-state index contributed by atoms with van der Waals surface area (Å²) in [5, 5.41) is 0.968. The third-order valence-corrected chi connectivity index (χ3v) is 5.14. The van der Waals surface area contributed by atoms with E-state index in [9.17, 15) is 17.2 Å². The van der Waals surface area contributed by atoms with Crippen LogP contribution >= 0.6 is 22.9 Å². The molecule has 2 heterocycles. The molecule has 3 aromatic rings. The second kappa shape index (κ2) is 4.93. The Morgan fingerprint density at radius 3 is 2.62 bits per heavy atom. The zero-order chi connectivity index (χ0) is 15.2. The molecule has 0 saturated heterocycles. The van der Waals surface area contributed by atoms with Gasteiger partial charge in [-0.15, -0.1) is 11.3 Å². The van der Waals surface area contributed by atoms with E-state index in [2.05, 4.69) is 4.98 Å². The van der Waals surface area contributed by atoms with E-state index in [1.807, 2.05) is 4.72 Å². The molecule has 0 amide bonds. The van der Waals surface area contributed by atoms with Crippen molar-refractivity contribution in [1.29, 1.82) is 0 Å². The Morgan fingerprint density at radius 1 is 1.29 bits per heavy atom. The van der Waals surface area contributed by atoms with Crippen LogP contribution in [0.5, 0.6) is 0 Å². The number of benzene rings is 1. The summed E-state index contributed by atoms with van der Waals surface area (Å²) < 4.78 is 54.8. The van der Waals surface area contributed by atoms with Gasteiger partial charge in [0.25, 0.3) is 10.0 Å². The van der Waals surface area contributed by atoms with Crippen molar-refractivity contribution in [2.24, 2.45) is 0 Å². The fourth-order valence-corrected chi connectivity index (χ4v) is 4.29. The molecule has 0 unspecified atom stereocenters. The monoisotopic (exact) mass is 349 g/mol. The molecule has 0 atom stereocenters. The summed E-state index contributed by atoms with van der Waals surface area (Å²) in [6.07, 6.45) is 1.45. The zero-order valence-corrected chi connectivity index (χ0v) is 12.4. The number of hydrogen-bond acceptors (Lipinski definition) is 4. The first-order chi connectivity index (χ1) is 9.90. The summed E-state index contributed by atoms with van der Waals surface area (Å²) in [5.74, 6) is -2.05. The van der Waals surface area contributed by atoms with Crippen LogP contribution in [0.1, 0.15) is 0 Å². The van der Waals surface area contributed by atoms with Crippen molar-refractivity contribution in [2.75, 3.05) is 4.72 Å². The van der Waals surface area contributed by atoms with Gasteiger partial charge in [-0.2, -0.15) is 8.42 Å². The third kappa shape index (κ3) is 2.37. The average molecular weight is 350 g/mol. The number of fused-ring (bicyclic) bond motifs is 1. The second-order valence-corrected chi connectivity index (χ2v) is 6.79. The lowest BCUT2D eigenvalue weighted by Gasteiger charge is -2.09. The van der Waals surface area contributed by atoms with Crippen LogP contribution in [0.25, 0.3) is 4.96 Å². The van der Waals surface area contributed by atoms with Crippen molar-refractivity contribution in [2.45, 2.75) is 5.03 Å². The van der Waals surface area contributed by atoms with E-state index in [1.165, 1.54) is 21.9 Å². The number of nitrogens with one attached hydrogen (secondary N) is 1. The van der Waals surface area contributed by atoms with Gasteiger partial charge >= 0.3 is 0 Å². The van der Waals surface area contributed by atoms with Crippen molar-refractivity contribution >= 4 is 43.6 Å². The minimum Gasteiger partial charge on any atom is -0.278 e. The molecule has 3 rings (SSSR count). The van der Waals surface area contributed by atoms with Gasteiger partial charge in [-0.3, -0.25) is 9.12 Å². The largest absolute Gasteiger partial charge is 0.281 e. The van der Waals surface area contributed by atoms with Gasteiger partial charge in [0.15, 0.2) is 15.1 Å². The molecule has 21 heavy (non-hydrogen) atoms. The Hall–Kier alpha value is -1.71. The van der Waals surface area contributed by atoms with Crippen molar-refractivity contribution in [3.05, 3.63) is 46.6 Å². The molecule has 1 aromatic carbocycles. The molecule has 0 fully saturated rings.